The highest BCUT2D eigenvalue weighted by Gasteiger charge is 2.43. The summed E-state index contributed by atoms with van der Waals surface area (Å²) in [5.74, 6) is 1.88. The van der Waals surface area contributed by atoms with Gasteiger partial charge in [-0.25, -0.2) is 0 Å². The maximum absolute atomic E-state index is 10.5. The molecule has 0 amide bonds. The molecular weight excluding hydrogens is 222 g/mol. The molecule has 0 aliphatic heterocycles. The number of phenols is 1. The van der Waals surface area contributed by atoms with Crippen molar-refractivity contribution in [2.24, 2.45) is 5.92 Å². The summed E-state index contributed by atoms with van der Waals surface area (Å²) in [6, 6.07) is 2.50. The van der Waals surface area contributed by atoms with Gasteiger partial charge in [0, 0.05) is 11.6 Å². The van der Waals surface area contributed by atoms with Gasteiger partial charge in [-0.2, -0.15) is 0 Å². The number of hydrogen-bond donors (Lipinski definition) is 2. The third-order valence-corrected chi connectivity index (χ3v) is 5.02. The van der Waals surface area contributed by atoms with E-state index in [1.54, 1.807) is 0 Å². The van der Waals surface area contributed by atoms with E-state index >= 15 is 0 Å². The molecule has 3 unspecified atom stereocenters. The predicted molar refractivity (Wildman–Crippen MR) is 74.1 cm³/mol. The van der Waals surface area contributed by atoms with E-state index in [9.17, 15) is 5.11 Å². The van der Waals surface area contributed by atoms with E-state index in [2.05, 4.69) is 18.3 Å². The molecular formula is C16H23NO. The molecule has 2 nitrogen and oxygen atoms in total. The number of nitrogens with one attached hydrogen (secondary N) is 1. The van der Waals surface area contributed by atoms with Crippen LogP contribution in [0, 0.1) is 19.8 Å². The average Bonchev–Trinajstić information content (AvgIpc) is 2.70. The van der Waals surface area contributed by atoms with Crippen LogP contribution in [0.15, 0.2) is 6.07 Å². The monoisotopic (exact) mass is 245 g/mol. The Morgan fingerprint density at radius 2 is 1.83 bits per heavy atom. The lowest BCUT2D eigenvalue weighted by molar-refractivity contribution is 0.269. The van der Waals surface area contributed by atoms with Crippen LogP contribution in [0.1, 0.15) is 59.9 Å². The third-order valence-electron chi connectivity index (χ3n) is 5.02. The largest absolute Gasteiger partial charge is 0.507 e. The van der Waals surface area contributed by atoms with Crippen LogP contribution in [0.5, 0.6) is 5.75 Å². The van der Waals surface area contributed by atoms with Gasteiger partial charge in [-0.3, -0.25) is 0 Å². The number of fused-ring (bicyclic) bond motifs is 3. The van der Waals surface area contributed by atoms with Gasteiger partial charge in [0.1, 0.15) is 5.75 Å². The van der Waals surface area contributed by atoms with Crippen molar-refractivity contribution in [2.45, 2.75) is 51.5 Å². The van der Waals surface area contributed by atoms with Gasteiger partial charge in [0.05, 0.1) is 0 Å². The fourth-order valence-electron chi connectivity index (χ4n) is 4.32. The number of aromatic hydroxyl groups is 1. The number of phenolic OH excluding ortho intramolecular Hbond substituents is 1. The summed E-state index contributed by atoms with van der Waals surface area (Å²) in [7, 11) is 2.03. The van der Waals surface area contributed by atoms with Gasteiger partial charge in [-0.1, -0.05) is 18.9 Å². The van der Waals surface area contributed by atoms with Crippen LogP contribution in [-0.4, -0.2) is 12.2 Å². The van der Waals surface area contributed by atoms with Crippen LogP contribution in [0.25, 0.3) is 0 Å². The lowest BCUT2D eigenvalue weighted by Gasteiger charge is -2.29. The van der Waals surface area contributed by atoms with Crippen molar-refractivity contribution in [3.63, 3.8) is 0 Å². The van der Waals surface area contributed by atoms with Crippen molar-refractivity contribution in [3.8, 4) is 5.75 Å². The summed E-state index contributed by atoms with van der Waals surface area (Å²) >= 11 is 0. The van der Waals surface area contributed by atoms with Crippen LogP contribution in [0.4, 0.5) is 0 Å². The minimum absolute atomic E-state index is 0.351. The molecule has 3 atom stereocenters. The molecule has 0 radical (unpaired) electrons. The molecule has 0 spiro atoms. The Morgan fingerprint density at radius 1 is 1.11 bits per heavy atom. The van der Waals surface area contributed by atoms with Gasteiger partial charge in [0.2, 0.25) is 0 Å². The standard InChI is InChI=1S/C16H23NO/c1-9-8-10(2)16(18)14-13(9)11-6-4-5-7-12(11)15(14)17-3/h8,11-12,15,17-18H,4-7H2,1-3H3. The summed E-state index contributed by atoms with van der Waals surface area (Å²) in [6.07, 6.45) is 5.26. The quantitative estimate of drug-likeness (QED) is 0.793. The zero-order chi connectivity index (χ0) is 12.9. The van der Waals surface area contributed by atoms with Crippen LogP contribution in [0.2, 0.25) is 0 Å². The van der Waals surface area contributed by atoms with Crippen molar-refractivity contribution in [2.75, 3.05) is 7.05 Å². The Hall–Kier alpha value is -1.02. The average molecular weight is 245 g/mol. The maximum Gasteiger partial charge on any atom is 0.123 e. The molecule has 1 saturated carbocycles. The van der Waals surface area contributed by atoms with Crippen molar-refractivity contribution in [3.05, 3.63) is 28.3 Å². The van der Waals surface area contributed by atoms with Crippen molar-refractivity contribution >= 4 is 0 Å². The number of benzene rings is 1. The van der Waals surface area contributed by atoms with Crippen molar-refractivity contribution in [1.29, 1.82) is 0 Å². The summed E-state index contributed by atoms with van der Waals surface area (Å²) in [4.78, 5) is 0. The number of rotatable bonds is 1. The van der Waals surface area contributed by atoms with Crippen LogP contribution in [-0.2, 0) is 0 Å². The first-order chi connectivity index (χ1) is 8.65. The van der Waals surface area contributed by atoms with Gasteiger partial charge in [0.15, 0.2) is 0 Å². The minimum Gasteiger partial charge on any atom is -0.507 e. The molecule has 0 bridgehead atoms. The Balaban J connectivity index is 2.20. The number of aryl methyl sites for hydroxylation is 2. The molecule has 2 N–H and O–H groups in total. The van der Waals surface area contributed by atoms with Gasteiger partial charge >= 0.3 is 0 Å². The molecule has 98 valence electrons. The highest BCUT2D eigenvalue weighted by atomic mass is 16.3. The van der Waals surface area contributed by atoms with Crippen molar-refractivity contribution in [1.82, 2.24) is 5.32 Å². The summed E-state index contributed by atoms with van der Waals surface area (Å²) in [5.41, 5.74) is 5.04. The first kappa shape index (κ1) is 12.0. The Labute approximate surface area is 109 Å². The molecule has 2 heteroatoms. The van der Waals surface area contributed by atoms with E-state index < -0.39 is 0 Å². The highest BCUT2D eigenvalue weighted by Crippen LogP contribution is 2.55. The molecule has 1 aromatic carbocycles. The molecule has 0 heterocycles. The molecule has 1 fully saturated rings. The summed E-state index contributed by atoms with van der Waals surface area (Å²) in [6.45, 7) is 4.21. The Morgan fingerprint density at radius 3 is 2.56 bits per heavy atom. The molecule has 18 heavy (non-hydrogen) atoms. The fraction of sp³-hybridized carbons (Fsp3) is 0.625. The van der Waals surface area contributed by atoms with Crippen LogP contribution < -0.4 is 5.32 Å². The highest BCUT2D eigenvalue weighted by molar-refractivity contribution is 5.55. The maximum atomic E-state index is 10.5. The second-order valence-corrected chi connectivity index (χ2v) is 6.01. The second kappa shape index (κ2) is 4.27. The Bertz CT molecular complexity index is 480. The van der Waals surface area contributed by atoms with Crippen LogP contribution >= 0.6 is 0 Å². The zero-order valence-corrected chi connectivity index (χ0v) is 11.6. The van der Waals surface area contributed by atoms with Crippen LogP contribution in [0.3, 0.4) is 0 Å². The predicted octanol–water partition coefficient (Wildman–Crippen LogP) is 3.56. The molecule has 1 aromatic rings. The molecule has 2 aliphatic carbocycles. The SMILES string of the molecule is CNC1c2c(O)c(C)cc(C)c2C2CCCCC21. The molecule has 0 aromatic heterocycles. The lowest BCUT2D eigenvalue weighted by atomic mass is 9.78. The molecule has 3 rings (SSSR count). The summed E-state index contributed by atoms with van der Waals surface area (Å²) < 4.78 is 0. The van der Waals surface area contributed by atoms with E-state index in [1.165, 1.54) is 42.4 Å². The smallest absolute Gasteiger partial charge is 0.123 e. The third kappa shape index (κ3) is 1.51. The van der Waals surface area contributed by atoms with E-state index in [0.29, 0.717) is 23.6 Å². The van der Waals surface area contributed by atoms with Gasteiger partial charge in [-0.05, 0) is 62.3 Å². The Kier molecular flexibility index (Phi) is 2.86. The minimum atomic E-state index is 0.351. The van der Waals surface area contributed by atoms with E-state index in [1.807, 2.05) is 14.0 Å². The first-order valence-electron chi connectivity index (χ1n) is 7.15. The fourth-order valence-corrected chi connectivity index (χ4v) is 4.32. The van der Waals surface area contributed by atoms with Gasteiger partial charge in [0.25, 0.3) is 0 Å². The lowest BCUT2D eigenvalue weighted by Crippen LogP contribution is -2.25. The van der Waals surface area contributed by atoms with E-state index in [-0.39, 0.29) is 0 Å². The first-order valence-corrected chi connectivity index (χ1v) is 7.15. The molecule has 0 saturated heterocycles. The normalized spacial score (nSPS) is 30.1. The van der Waals surface area contributed by atoms with E-state index in [0.717, 1.165) is 5.56 Å². The van der Waals surface area contributed by atoms with E-state index in [4.69, 9.17) is 0 Å². The molecule has 2 aliphatic rings. The number of hydrogen-bond acceptors (Lipinski definition) is 2. The zero-order valence-electron chi connectivity index (χ0n) is 11.6. The summed E-state index contributed by atoms with van der Waals surface area (Å²) in [5, 5.41) is 13.9. The van der Waals surface area contributed by atoms with Gasteiger partial charge < -0.3 is 10.4 Å². The topological polar surface area (TPSA) is 32.3 Å². The van der Waals surface area contributed by atoms with Gasteiger partial charge in [-0.15, -0.1) is 0 Å². The second-order valence-electron chi connectivity index (χ2n) is 6.01. The van der Waals surface area contributed by atoms with Crippen molar-refractivity contribution < 1.29 is 5.11 Å².